The molecule has 2 amide bonds. The van der Waals surface area contributed by atoms with E-state index in [1.807, 2.05) is 0 Å². The van der Waals surface area contributed by atoms with Crippen molar-refractivity contribution in [2.45, 2.75) is 38.1 Å². The van der Waals surface area contributed by atoms with E-state index in [1.54, 1.807) is 6.07 Å². The molecule has 0 unspecified atom stereocenters. The Labute approximate surface area is 150 Å². The van der Waals surface area contributed by atoms with Gasteiger partial charge in [0, 0.05) is 18.2 Å². The average molecular weight is 364 g/mol. The van der Waals surface area contributed by atoms with Crippen molar-refractivity contribution in [3.05, 3.63) is 30.1 Å². The van der Waals surface area contributed by atoms with Crippen molar-refractivity contribution in [2.24, 2.45) is 5.92 Å². The smallest absolute Gasteiger partial charge is 0.240 e. The van der Waals surface area contributed by atoms with Gasteiger partial charge in [-0.1, -0.05) is 36.7 Å². The van der Waals surface area contributed by atoms with E-state index in [1.165, 1.54) is 23.1 Å². The van der Waals surface area contributed by atoms with Gasteiger partial charge in [-0.3, -0.25) is 19.3 Å². The average Bonchev–Trinajstić information content (AvgIpc) is 3.24. The highest BCUT2D eigenvalue weighted by Crippen LogP contribution is 2.29. The fourth-order valence-electron chi connectivity index (χ4n) is 3.33. The van der Waals surface area contributed by atoms with Crippen LogP contribution >= 0.6 is 11.8 Å². The third-order valence-electron chi connectivity index (χ3n) is 4.64. The number of nitrogens with one attached hydrogen (secondary N) is 1. The third-order valence-corrected chi connectivity index (χ3v) is 5.70. The molecule has 1 saturated heterocycles. The molecule has 134 valence electrons. The van der Waals surface area contributed by atoms with Crippen LogP contribution in [0.5, 0.6) is 0 Å². The molecule has 1 aliphatic heterocycles. The first-order valence-electron chi connectivity index (χ1n) is 8.55. The largest absolute Gasteiger partial charge is 0.352 e. The Morgan fingerprint density at radius 3 is 2.60 bits per heavy atom. The van der Waals surface area contributed by atoms with Crippen molar-refractivity contribution in [3.63, 3.8) is 0 Å². The SMILES string of the molecule is O=C(CN(C(=O)[C@H]1CSC(=O)C1)c1ccccc1F)NC1CCCC1. The first-order chi connectivity index (χ1) is 12.0. The molecule has 1 heterocycles. The lowest BCUT2D eigenvalue weighted by Crippen LogP contribution is -2.46. The van der Waals surface area contributed by atoms with Gasteiger partial charge in [0.25, 0.3) is 0 Å². The Bertz CT molecular complexity index is 676. The Hall–Kier alpha value is -1.89. The summed E-state index contributed by atoms with van der Waals surface area (Å²) in [6, 6.07) is 6.05. The van der Waals surface area contributed by atoms with Gasteiger partial charge < -0.3 is 5.32 Å². The van der Waals surface area contributed by atoms with Crippen LogP contribution in [0, 0.1) is 11.7 Å². The number of anilines is 1. The van der Waals surface area contributed by atoms with Crippen LogP contribution in [0.25, 0.3) is 0 Å². The molecule has 0 aromatic heterocycles. The van der Waals surface area contributed by atoms with Gasteiger partial charge in [0.15, 0.2) is 5.12 Å². The Balaban J connectivity index is 1.76. The summed E-state index contributed by atoms with van der Waals surface area (Å²) in [6.45, 7) is -0.231. The Morgan fingerprint density at radius 1 is 1.24 bits per heavy atom. The van der Waals surface area contributed by atoms with Crippen LogP contribution in [0.1, 0.15) is 32.1 Å². The van der Waals surface area contributed by atoms with E-state index in [4.69, 9.17) is 0 Å². The number of nitrogens with zero attached hydrogens (tertiary/aromatic N) is 1. The van der Waals surface area contributed by atoms with E-state index >= 15 is 0 Å². The maximum absolute atomic E-state index is 14.2. The predicted molar refractivity (Wildman–Crippen MR) is 94.7 cm³/mol. The third kappa shape index (κ3) is 4.39. The molecule has 25 heavy (non-hydrogen) atoms. The van der Waals surface area contributed by atoms with Crippen molar-refractivity contribution >= 4 is 34.4 Å². The van der Waals surface area contributed by atoms with Crippen LogP contribution in [-0.2, 0) is 14.4 Å². The number of hydrogen-bond acceptors (Lipinski definition) is 4. The molecule has 0 spiro atoms. The summed E-state index contributed by atoms with van der Waals surface area (Å²) in [6.07, 6.45) is 4.18. The van der Waals surface area contributed by atoms with E-state index in [9.17, 15) is 18.8 Å². The minimum Gasteiger partial charge on any atom is -0.352 e. The fraction of sp³-hybridized carbons (Fsp3) is 0.500. The normalized spacial score (nSPS) is 20.7. The summed E-state index contributed by atoms with van der Waals surface area (Å²) in [5.74, 6) is -1.34. The van der Waals surface area contributed by atoms with Gasteiger partial charge in [-0.15, -0.1) is 0 Å². The van der Waals surface area contributed by atoms with Crippen molar-refractivity contribution < 1.29 is 18.8 Å². The molecule has 7 heteroatoms. The zero-order valence-electron chi connectivity index (χ0n) is 13.9. The van der Waals surface area contributed by atoms with Crippen LogP contribution in [0.15, 0.2) is 24.3 Å². The molecule has 5 nitrogen and oxygen atoms in total. The molecule has 1 aliphatic carbocycles. The summed E-state index contributed by atoms with van der Waals surface area (Å²) in [4.78, 5) is 37.9. The molecular weight excluding hydrogens is 343 g/mol. The first-order valence-corrected chi connectivity index (χ1v) is 9.54. The summed E-state index contributed by atoms with van der Waals surface area (Å²) < 4.78 is 14.2. The highest BCUT2D eigenvalue weighted by atomic mass is 32.2. The van der Waals surface area contributed by atoms with E-state index in [0.29, 0.717) is 5.75 Å². The minimum absolute atomic E-state index is 0.0396. The molecule has 0 radical (unpaired) electrons. The molecule has 1 atom stereocenters. The lowest BCUT2D eigenvalue weighted by Gasteiger charge is -2.26. The van der Waals surface area contributed by atoms with Gasteiger partial charge in [0.05, 0.1) is 11.6 Å². The molecule has 1 aromatic rings. The number of benzene rings is 1. The first kappa shape index (κ1) is 17.9. The maximum Gasteiger partial charge on any atom is 0.240 e. The Morgan fingerprint density at radius 2 is 1.96 bits per heavy atom. The highest BCUT2D eigenvalue weighted by molar-refractivity contribution is 8.14. The van der Waals surface area contributed by atoms with Gasteiger partial charge >= 0.3 is 0 Å². The van der Waals surface area contributed by atoms with Crippen molar-refractivity contribution in [3.8, 4) is 0 Å². The maximum atomic E-state index is 14.2. The number of para-hydroxylation sites is 1. The predicted octanol–water partition coefficient (Wildman–Crippen LogP) is 2.50. The van der Waals surface area contributed by atoms with E-state index < -0.39 is 11.7 Å². The van der Waals surface area contributed by atoms with Crippen LogP contribution in [0.2, 0.25) is 0 Å². The lowest BCUT2D eigenvalue weighted by molar-refractivity contribution is -0.126. The number of rotatable bonds is 5. The summed E-state index contributed by atoms with van der Waals surface area (Å²) in [5.41, 5.74) is 0.0819. The number of hydrogen-bond donors (Lipinski definition) is 1. The second kappa shape index (κ2) is 7.99. The molecule has 1 N–H and O–H groups in total. The van der Waals surface area contributed by atoms with Gasteiger partial charge in [0.1, 0.15) is 12.4 Å². The van der Waals surface area contributed by atoms with Gasteiger partial charge in [0.2, 0.25) is 11.8 Å². The summed E-state index contributed by atoms with van der Waals surface area (Å²) in [7, 11) is 0. The number of thioether (sulfide) groups is 1. The topological polar surface area (TPSA) is 66.5 Å². The van der Waals surface area contributed by atoms with Crippen LogP contribution in [0.3, 0.4) is 0 Å². The van der Waals surface area contributed by atoms with E-state index in [0.717, 1.165) is 37.4 Å². The van der Waals surface area contributed by atoms with Gasteiger partial charge in [-0.25, -0.2) is 4.39 Å². The summed E-state index contributed by atoms with van der Waals surface area (Å²) >= 11 is 1.11. The van der Waals surface area contributed by atoms with Gasteiger partial charge in [-0.05, 0) is 25.0 Å². The molecule has 1 saturated carbocycles. The van der Waals surface area contributed by atoms with E-state index in [2.05, 4.69) is 5.32 Å². The van der Waals surface area contributed by atoms with Crippen LogP contribution in [0.4, 0.5) is 10.1 Å². The molecule has 1 aromatic carbocycles. The van der Waals surface area contributed by atoms with E-state index in [-0.39, 0.29) is 41.6 Å². The monoisotopic (exact) mass is 364 g/mol. The number of carbonyl (C=O) groups is 3. The van der Waals surface area contributed by atoms with Gasteiger partial charge in [-0.2, -0.15) is 0 Å². The van der Waals surface area contributed by atoms with Crippen molar-refractivity contribution in [1.29, 1.82) is 0 Å². The summed E-state index contributed by atoms with van der Waals surface area (Å²) in [5, 5.41) is 2.89. The number of halogens is 1. The number of amides is 2. The quantitative estimate of drug-likeness (QED) is 0.872. The zero-order chi connectivity index (χ0) is 17.8. The molecular formula is C18H21FN2O3S. The lowest BCUT2D eigenvalue weighted by atomic mass is 10.1. The minimum atomic E-state index is -0.554. The molecule has 0 bridgehead atoms. The standard InChI is InChI=1S/C18H21FN2O3S/c19-14-7-3-4-8-15(14)21(18(24)12-9-17(23)25-11-12)10-16(22)20-13-5-1-2-6-13/h3-4,7-8,12-13H,1-2,5-6,9-11H2,(H,20,22)/t12-/m1/s1. The Kier molecular flexibility index (Phi) is 5.73. The van der Waals surface area contributed by atoms with Crippen molar-refractivity contribution in [1.82, 2.24) is 5.32 Å². The number of carbonyl (C=O) groups excluding carboxylic acids is 3. The van der Waals surface area contributed by atoms with Crippen molar-refractivity contribution in [2.75, 3.05) is 17.2 Å². The molecule has 2 aliphatic rings. The molecule has 2 fully saturated rings. The fourth-order valence-corrected chi connectivity index (χ4v) is 4.30. The zero-order valence-corrected chi connectivity index (χ0v) is 14.7. The highest BCUT2D eigenvalue weighted by Gasteiger charge is 2.34. The van der Waals surface area contributed by atoms with Crippen LogP contribution in [-0.4, -0.2) is 35.3 Å². The second-order valence-electron chi connectivity index (χ2n) is 6.51. The van der Waals surface area contributed by atoms with Crippen LogP contribution < -0.4 is 10.2 Å². The molecule has 3 rings (SSSR count). The second-order valence-corrected chi connectivity index (χ2v) is 7.59.